The van der Waals surface area contributed by atoms with Gasteiger partial charge in [-0.1, -0.05) is 0 Å². The molecular formula is C15H18N2O5S. The number of nitrogens with zero attached hydrogens (tertiary/aromatic N) is 1. The summed E-state index contributed by atoms with van der Waals surface area (Å²) in [5.41, 5.74) is -0.337. The molecule has 1 aromatic rings. The van der Waals surface area contributed by atoms with Crippen LogP contribution < -0.4 is 14.8 Å². The van der Waals surface area contributed by atoms with Crippen LogP contribution in [0.15, 0.2) is 18.2 Å². The predicted octanol–water partition coefficient (Wildman–Crippen LogP) is 0.639. The second kappa shape index (κ2) is 6.46. The third-order valence-electron chi connectivity index (χ3n) is 3.60. The summed E-state index contributed by atoms with van der Waals surface area (Å²) < 4.78 is 33.6. The molecule has 0 bridgehead atoms. The first-order chi connectivity index (χ1) is 10.8. The van der Waals surface area contributed by atoms with Crippen molar-refractivity contribution in [3.63, 3.8) is 0 Å². The van der Waals surface area contributed by atoms with Gasteiger partial charge in [-0.25, -0.2) is 8.42 Å². The number of hydrogen-bond donors (Lipinski definition) is 1. The average Bonchev–Trinajstić information content (AvgIpc) is 2.78. The Morgan fingerprint density at radius 2 is 2.17 bits per heavy atom. The molecular weight excluding hydrogens is 320 g/mol. The largest absolute Gasteiger partial charge is 0.493 e. The van der Waals surface area contributed by atoms with Gasteiger partial charge >= 0.3 is 0 Å². The zero-order valence-electron chi connectivity index (χ0n) is 13.0. The molecule has 8 heteroatoms. The molecule has 1 aromatic carbocycles. The molecule has 1 aliphatic heterocycles. The molecule has 23 heavy (non-hydrogen) atoms. The smallest absolute Gasteiger partial charge is 0.258 e. The minimum absolute atomic E-state index is 0.0636. The molecule has 1 fully saturated rings. The van der Waals surface area contributed by atoms with E-state index < -0.39 is 21.3 Å². The number of sulfone groups is 1. The maximum atomic E-state index is 12.0. The Kier molecular flexibility index (Phi) is 4.80. The number of rotatable bonds is 5. The highest BCUT2D eigenvalue weighted by Gasteiger charge is 2.39. The Balaban J connectivity index is 1.96. The quantitative estimate of drug-likeness (QED) is 0.844. The van der Waals surface area contributed by atoms with Gasteiger partial charge < -0.3 is 14.8 Å². The molecule has 0 unspecified atom stereocenters. The van der Waals surface area contributed by atoms with Crippen LogP contribution in [0.1, 0.15) is 18.9 Å². The number of carbonyl (C=O) groups is 1. The number of carbonyl (C=O) groups excluding carboxylic acids is 1. The number of nitrogens with one attached hydrogen (secondary N) is 1. The molecule has 1 atom stereocenters. The van der Waals surface area contributed by atoms with Crippen LogP contribution in [0, 0.1) is 11.3 Å². The summed E-state index contributed by atoms with van der Waals surface area (Å²) in [5.74, 6) is 0.299. The Hall–Kier alpha value is -2.27. The summed E-state index contributed by atoms with van der Waals surface area (Å²) in [6.45, 7) is 1.44. The van der Waals surface area contributed by atoms with Gasteiger partial charge in [-0.3, -0.25) is 4.79 Å². The Morgan fingerprint density at radius 1 is 1.43 bits per heavy atom. The fraction of sp³-hybridized carbons (Fsp3) is 0.467. The average molecular weight is 338 g/mol. The van der Waals surface area contributed by atoms with Crippen molar-refractivity contribution < 1.29 is 22.7 Å². The van der Waals surface area contributed by atoms with Gasteiger partial charge in [-0.05, 0) is 25.5 Å². The highest BCUT2D eigenvalue weighted by atomic mass is 32.2. The monoisotopic (exact) mass is 338 g/mol. The molecule has 0 saturated carbocycles. The van der Waals surface area contributed by atoms with Crippen molar-refractivity contribution in [2.75, 3.05) is 25.2 Å². The van der Waals surface area contributed by atoms with E-state index in [-0.39, 0.29) is 18.1 Å². The molecule has 1 aliphatic rings. The van der Waals surface area contributed by atoms with E-state index in [1.165, 1.54) is 13.2 Å². The first-order valence-corrected chi connectivity index (χ1v) is 8.81. The van der Waals surface area contributed by atoms with E-state index in [9.17, 15) is 13.2 Å². The van der Waals surface area contributed by atoms with Crippen LogP contribution in [-0.4, -0.2) is 45.1 Å². The molecule has 1 heterocycles. The molecule has 0 radical (unpaired) electrons. The second-order valence-electron chi connectivity index (χ2n) is 5.72. The summed E-state index contributed by atoms with van der Waals surface area (Å²) in [7, 11) is -1.65. The lowest BCUT2D eigenvalue weighted by Gasteiger charge is -2.23. The van der Waals surface area contributed by atoms with Crippen LogP contribution in [0.4, 0.5) is 0 Å². The highest BCUT2D eigenvalue weighted by Crippen LogP contribution is 2.28. The minimum atomic E-state index is -3.09. The van der Waals surface area contributed by atoms with Crippen molar-refractivity contribution >= 4 is 15.7 Å². The van der Waals surface area contributed by atoms with Crippen LogP contribution >= 0.6 is 0 Å². The molecule has 1 N–H and O–H groups in total. The summed E-state index contributed by atoms with van der Waals surface area (Å²) in [5, 5.41) is 11.5. The van der Waals surface area contributed by atoms with Gasteiger partial charge in [0.2, 0.25) is 0 Å². The van der Waals surface area contributed by atoms with Crippen molar-refractivity contribution in [2.24, 2.45) is 0 Å². The summed E-state index contributed by atoms with van der Waals surface area (Å²) in [4.78, 5) is 12.0. The normalized spacial score (nSPS) is 22.1. The van der Waals surface area contributed by atoms with Gasteiger partial charge in [0.05, 0.1) is 35.8 Å². The Labute approximate surface area is 135 Å². The maximum Gasteiger partial charge on any atom is 0.258 e. The van der Waals surface area contributed by atoms with Gasteiger partial charge in [0.25, 0.3) is 5.91 Å². The zero-order valence-corrected chi connectivity index (χ0v) is 13.8. The van der Waals surface area contributed by atoms with Crippen LogP contribution in [0.5, 0.6) is 11.5 Å². The highest BCUT2D eigenvalue weighted by molar-refractivity contribution is 7.91. The number of methoxy groups -OCH3 is 1. The van der Waals surface area contributed by atoms with Gasteiger partial charge in [-0.2, -0.15) is 5.26 Å². The summed E-state index contributed by atoms with van der Waals surface area (Å²) in [6, 6.07) is 6.60. The third kappa shape index (κ3) is 4.36. The fourth-order valence-electron chi connectivity index (χ4n) is 2.48. The summed E-state index contributed by atoms with van der Waals surface area (Å²) >= 11 is 0. The Bertz CT molecular complexity index is 754. The number of amides is 1. The van der Waals surface area contributed by atoms with E-state index in [1.807, 2.05) is 6.07 Å². The number of ether oxygens (including phenoxy) is 2. The van der Waals surface area contributed by atoms with Crippen molar-refractivity contribution in [3.05, 3.63) is 23.8 Å². The standard InChI is InChI=1S/C15H18N2O5S/c1-15(5-6-23(19,20)10-15)17-14(18)9-22-12-4-3-11(8-16)7-13(12)21-2/h3-4,7H,5-6,9-10H2,1-2H3,(H,17,18)/t15-/m1/s1. The van der Waals surface area contributed by atoms with Crippen LogP contribution in [0.3, 0.4) is 0 Å². The first-order valence-electron chi connectivity index (χ1n) is 6.99. The van der Waals surface area contributed by atoms with E-state index in [2.05, 4.69) is 5.32 Å². The maximum absolute atomic E-state index is 12.0. The lowest BCUT2D eigenvalue weighted by molar-refractivity contribution is -0.124. The lowest BCUT2D eigenvalue weighted by Crippen LogP contribution is -2.48. The number of hydrogen-bond acceptors (Lipinski definition) is 6. The fourth-order valence-corrected chi connectivity index (χ4v) is 4.57. The molecule has 0 spiro atoms. The molecule has 0 aromatic heterocycles. The second-order valence-corrected chi connectivity index (χ2v) is 7.90. The van der Waals surface area contributed by atoms with Gasteiger partial charge in [0, 0.05) is 6.07 Å². The van der Waals surface area contributed by atoms with Crippen molar-refractivity contribution in [1.29, 1.82) is 5.26 Å². The first kappa shape index (κ1) is 17.1. The summed E-state index contributed by atoms with van der Waals surface area (Å²) in [6.07, 6.45) is 0.390. The Morgan fingerprint density at radius 3 is 2.74 bits per heavy atom. The topological polar surface area (TPSA) is 105 Å². The number of nitriles is 1. The lowest BCUT2D eigenvalue weighted by atomic mass is 10.0. The van der Waals surface area contributed by atoms with Crippen LogP contribution in [0.25, 0.3) is 0 Å². The molecule has 124 valence electrons. The molecule has 1 saturated heterocycles. The number of benzene rings is 1. The van der Waals surface area contributed by atoms with E-state index in [0.29, 0.717) is 23.5 Å². The van der Waals surface area contributed by atoms with Crippen molar-refractivity contribution in [2.45, 2.75) is 18.9 Å². The molecule has 0 aliphatic carbocycles. The van der Waals surface area contributed by atoms with E-state index in [0.717, 1.165) is 0 Å². The van der Waals surface area contributed by atoms with Crippen LogP contribution in [0.2, 0.25) is 0 Å². The minimum Gasteiger partial charge on any atom is -0.493 e. The molecule has 7 nitrogen and oxygen atoms in total. The van der Waals surface area contributed by atoms with E-state index >= 15 is 0 Å². The predicted molar refractivity (Wildman–Crippen MR) is 83.0 cm³/mol. The van der Waals surface area contributed by atoms with Gasteiger partial charge in [0.1, 0.15) is 0 Å². The molecule has 1 amide bonds. The van der Waals surface area contributed by atoms with E-state index in [1.54, 1.807) is 19.1 Å². The molecule has 2 rings (SSSR count). The van der Waals surface area contributed by atoms with Gasteiger partial charge in [-0.15, -0.1) is 0 Å². The van der Waals surface area contributed by atoms with Gasteiger partial charge in [0.15, 0.2) is 27.9 Å². The third-order valence-corrected chi connectivity index (χ3v) is 5.50. The van der Waals surface area contributed by atoms with Crippen molar-refractivity contribution in [3.8, 4) is 17.6 Å². The zero-order chi connectivity index (χ0) is 17.1. The SMILES string of the molecule is COc1cc(C#N)ccc1OCC(=O)N[C@]1(C)CCS(=O)(=O)C1. The van der Waals surface area contributed by atoms with E-state index in [4.69, 9.17) is 14.7 Å². The van der Waals surface area contributed by atoms with Crippen LogP contribution in [-0.2, 0) is 14.6 Å². The van der Waals surface area contributed by atoms with Crippen molar-refractivity contribution in [1.82, 2.24) is 5.32 Å².